The van der Waals surface area contributed by atoms with E-state index in [1.165, 1.54) is 18.5 Å². The maximum Gasteiger partial charge on any atom is 0.130 e. The first-order valence-electron chi connectivity index (χ1n) is 5.35. The average Bonchev–Trinajstić information content (AvgIpc) is 2.71. The van der Waals surface area contributed by atoms with Crippen LogP contribution >= 0.6 is 0 Å². The largest absolute Gasteiger partial charge is 0.385 e. The predicted octanol–water partition coefficient (Wildman–Crippen LogP) is 2.11. The quantitative estimate of drug-likeness (QED) is 0.793. The third kappa shape index (κ3) is 1.97. The SMILES string of the molecule is CCNc1ccnc(N2CCCC2)c1. The van der Waals surface area contributed by atoms with Gasteiger partial charge in [-0.15, -0.1) is 0 Å². The van der Waals surface area contributed by atoms with Gasteiger partial charge in [-0.05, 0) is 25.8 Å². The molecule has 1 aliphatic rings. The molecular formula is C11H17N3. The maximum atomic E-state index is 4.39. The molecule has 14 heavy (non-hydrogen) atoms. The van der Waals surface area contributed by atoms with Crippen molar-refractivity contribution in [1.29, 1.82) is 0 Å². The summed E-state index contributed by atoms with van der Waals surface area (Å²) in [7, 11) is 0. The first-order chi connectivity index (χ1) is 6.90. The highest BCUT2D eigenvalue weighted by Gasteiger charge is 2.13. The number of pyridine rings is 1. The molecule has 2 rings (SSSR count). The molecule has 1 aliphatic heterocycles. The smallest absolute Gasteiger partial charge is 0.130 e. The van der Waals surface area contributed by atoms with Gasteiger partial charge in [0.1, 0.15) is 5.82 Å². The molecule has 0 aromatic carbocycles. The van der Waals surface area contributed by atoms with E-state index in [4.69, 9.17) is 0 Å². The van der Waals surface area contributed by atoms with E-state index in [-0.39, 0.29) is 0 Å². The van der Waals surface area contributed by atoms with Crippen LogP contribution in [0, 0.1) is 0 Å². The fourth-order valence-electron chi connectivity index (χ4n) is 1.85. The van der Waals surface area contributed by atoms with E-state index in [1.54, 1.807) is 0 Å². The van der Waals surface area contributed by atoms with Crippen LogP contribution in [0.15, 0.2) is 18.3 Å². The third-order valence-corrected chi connectivity index (χ3v) is 2.56. The Morgan fingerprint density at radius 1 is 1.43 bits per heavy atom. The summed E-state index contributed by atoms with van der Waals surface area (Å²) in [5, 5.41) is 3.30. The van der Waals surface area contributed by atoms with E-state index < -0.39 is 0 Å². The normalized spacial score (nSPS) is 15.9. The summed E-state index contributed by atoms with van der Waals surface area (Å²) in [4.78, 5) is 6.74. The van der Waals surface area contributed by atoms with E-state index in [0.29, 0.717) is 0 Å². The van der Waals surface area contributed by atoms with Gasteiger partial charge in [0.25, 0.3) is 0 Å². The van der Waals surface area contributed by atoms with Crippen molar-refractivity contribution in [3.8, 4) is 0 Å². The van der Waals surface area contributed by atoms with Crippen LogP contribution in [0.3, 0.4) is 0 Å². The monoisotopic (exact) mass is 191 g/mol. The van der Waals surface area contributed by atoms with Gasteiger partial charge in [0.2, 0.25) is 0 Å². The lowest BCUT2D eigenvalue weighted by Crippen LogP contribution is -2.18. The first-order valence-corrected chi connectivity index (χ1v) is 5.35. The molecule has 2 heterocycles. The molecule has 3 heteroatoms. The van der Waals surface area contributed by atoms with Gasteiger partial charge in [-0.25, -0.2) is 4.98 Å². The molecule has 0 amide bonds. The highest BCUT2D eigenvalue weighted by Crippen LogP contribution is 2.20. The van der Waals surface area contributed by atoms with Crippen LogP contribution in [0.2, 0.25) is 0 Å². The molecule has 0 bridgehead atoms. The Balaban J connectivity index is 2.12. The van der Waals surface area contributed by atoms with Gasteiger partial charge < -0.3 is 10.2 Å². The Morgan fingerprint density at radius 3 is 2.93 bits per heavy atom. The lowest BCUT2D eigenvalue weighted by molar-refractivity contribution is 0.937. The number of hydrogen-bond donors (Lipinski definition) is 1. The summed E-state index contributed by atoms with van der Waals surface area (Å²) >= 11 is 0. The second-order valence-corrected chi connectivity index (χ2v) is 3.63. The molecule has 0 spiro atoms. The molecule has 1 aromatic heterocycles. The minimum Gasteiger partial charge on any atom is -0.385 e. The summed E-state index contributed by atoms with van der Waals surface area (Å²) in [5.74, 6) is 1.11. The molecular weight excluding hydrogens is 174 g/mol. The van der Waals surface area contributed by atoms with Gasteiger partial charge in [0, 0.05) is 37.6 Å². The fourth-order valence-corrected chi connectivity index (χ4v) is 1.85. The van der Waals surface area contributed by atoms with Crippen molar-refractivity contribution < 1.29 is 0 Å². The zero-order valence-corrected chi connectivity index (χ0v) is 8.66. The molecule has 0 saturated carbocycles. The van der Waals surface area contributed by atoms with E-state index in [0.717, 1.165) is 25.5 Å². The van der Waals surface area contributed by atoms with Gasteiger partial charge in [-0.3, -0.25) is 0 Å². The number of hydrogen-bond acceptors (Lipinski definition) is 3. The zero-order valence-electron chi connectivity index (χ0n) is 8.66. The molecule has 3 nitrogen and oxygen atoms in total. The fraction of sp³-hybridized carbons (Fsp3) is 0.545. The minimum atomic E-state index is 0.962. The minimum absolute atomic E-state index is 0.962. The highest BCUT2D eigenvalue weighted by atomic mass is 15.2. The Kier molecular flexibility index (Phi) is 2.87. The zero-order chi connectivity index (χ0) is 9.80. The Bertz CT molecular complexity index is 292. The van der Waals surface area contributed by atoms with Crippen molar-refractivity contribution >= 4 is 11.5 Å². The first kappa shape index (κ1) is 9.31. The summed E-state index contributed by atoms with van der Waals surface area (Å²) in [6, 6.07) is 4.15. The summed E-state index contributed by atoms with van der Waals surface area (Å²) in [6.07, 6.45) is 4.48. The Morgan fingerprint density at radius 2 is 2.21 bits per heavy atom. The molecule has 76 valence electrons. The standard InChI is InChI=1S/C11H17N3/c1-2-12-10-5-6-13-11(9-10)14-7-3-4-8-14/h5-6,9H,2-4,7-8H2,1H3,(H,12,13). The third-order valence-electron chi connectivity index (χ3n) is 2.56. The molecule has 1 N–H and O–H groups in total. The maximum absolute atomic E-state index is 4.39. The summed E-state index contributed by atoms with van der Waals surface area (Å²) in [6.45, 7) is 5.38. The molecule has 1 aromatic rings. The lowest BCUT2D eigenvalue weighted by Gasteiger charge is -2.16. The number of nitrogens with zero attached hydrogens (tertiary/aromatic N) is 2. The molecule has 0 atom stereocenters. The molecule has 0 unspecified atom stereocenters. The van der Waals surface area contributed by atoms with Gasteiger partial charge in [-0.1, -0.05) is 0 Å². The van der Waals surface area contributed by atoms with Crippen molar-refractivity contribution in [2.45, 2.75) is 19.8 Å². The Hall–Kier alpha value is -1.25. The number of rotatable bonds is 3. The lowest BCUT2D eigenvalue weighted by atomic mass is 10.3. The van der Waals surface area contributed by atoms with Gasteiger partial charge in [0.15, 0.2) is 0 Å². The number of nitrogens with one attached hydrogen (secondary N) is 1. The van der Waals surface area contributed by atoms with Crippen molar-refractivity contribution in [2.75, 3.05) is 29.9 Å². The van der Waals surface area contributed by atoms with E-state index in [2.05, 4.69) is 28.2 Å². The van der Waals surface area contributed by atoms with Crippen molar-refractivity contribution in [2.24, 2.45) is 0 Å². The second kappa shape index (κ2) is 4.31. The number of aromatic nitrogens is 1. The molecule has 0 aliphatic carbocycles. The number of anilines is 2. The van der Waals surface area contributed by atoms with Crippen molar-refractivity contribution in [3.05, 3.63) is 18.3 Å². The summed E-state index contributed by atoms with van der Waals surface area (Å²) < 4.78 is 0. The van der Waals surface area contributed by atoms with E-state index in [1.807, 2.05) is 12.3 Å². The second-order valence-electron chi connectivity index (χ2n) is 3.63. The van der Waals surface area contributed by atoms with Crippen LogP contribution in [0.5, 0.6) is 0 Å². The summed E-state index contributed by atoms with van der Waals surface area (Å²) in [5.41, 5.74) is 1.17. The van der Waals surface area contributed by atoms with Crippen LogP contribution in [0.25, 0.3) is 0 Å². The van der Waals surface area contributed by atoms with Crippen LogP contribution in [0.4, 0.5) is 11.5 Å². The topological polar surface area (TPSA) is 28.2 Å². The van der Waals surface area contributed by atoms with Crippen LogP contribution < -0.4 is 10.2 Å². The molecule has 1 fully saturated rings. The van der Waals surface area contributed by atoms with E-state index in [9.17, 15) is 0 Å². The predicted molar refractivity (Wildman–Crippen MR) is 59.8 cm³/mol. The average molecular weight is 191 g/mol. The Labute approximate surface area is 85.1 Å². The molecule has 1 saturated heterocycles. The van der Waals surface area contributed by atoms with Crippen LogP contribution in [-0.2, 0) is 0 Å². The van der Waals surface area contributed by atoms with E-state index >= 15 is 0 Å². The van der Waals surface area contributed by atoms with Gasteiger partial charge in [-0.2, -0.15) is 0 Å². The molecule has 0 radical (unpaired) electrons. The van der Waals surface area contributed by atoms with Crippen molar-refractivity contribution in [3.63, 3.8) is 0 Å². The van der Waals surface area contributed by atoms with Crippen LogP contribution in [-0.4, -0.2) is 24.6 Å². The van der Waals surface area contributed by atoms with Gasteiger partial charge >= 0.3 is 0 Å². The van der Waals surface area contributed by atoms with Gasteiger partial charge in [0.05, 0.1) is 0 Å². The highest BCUT2D eigenvalue weighted by molar-refractivity contribution is 5.53. The van der Waals surface area contributed by atoms with Crippen molar-refractivity contribution in [1.82, 2.24) is 4.98 Å². The van der Waals surface area contributed by atoms with Crippen LogP contribution in [0.1, 0.15) is 19.8 Å².